The van der Waals surface area contributed by atoms with Gasteiger partial charge in [0.05, 0.1) is 12.1 Å². The van der Waals surface area contributed by atoms with Crippen LogP contribution in [0.5, 0.6) is 0 Å². The van der Waals surface area contributed by atoms with Crippen LogP contribution in [0.15, 0.2) is 30.5 Å². The number of hydrogen-bond acceptors (Lipinski definition) is 2. The highest BCUT2D eigenvalue weighted by Crippen LogP contribution is 2.40. The molecule has 2 fully saturated rings. The molecule has 3 atom stereocenters. The molecule has 1 saturated carbocycles. The second-order valence-corrected chi connectivity index (χ2v) is 6.06. The summed E-state index contributed by atoms with van der Waals surface area (Å²) >= 11 is 0. The van der Waals surface area contributed by atoms with E-state index in [-0.39, 0.29) is 18.1 Å². The molecule has 4 nitrogen and oxygen atoms in total. The zero-order valence-corrected chi connectivity index (χ0v) is 12.2. The number of aromatic amines is 1. The van der Waals surface area contributed by atoms with Crippen molar-refractivity contribution in [1.82, 2.24) is 9.88 Å². The normalized spacial score (nSPS) is 27.7. The first-order valence-corrected chi connectivity index (χ1v) is 7.77. The number of benzene rings is 1. The van der Waals surface area contributed by atoms with E-state index in [2.05, 4.69) is 4.98 Å². The summed E-state index contributed by atoms with van der Waals surface area (Å²) in [5.41, 5.74) is 1.85. The number of likely N-dealkylation sites (tertiary alicyclic amines) is 1. The molecule has 1 aromatic carbocycles. The molecule has 2 aliphatic rings. The second kappa shape index (κ2) is 4.88. The number of nitrogens with zero attached hydrogens (tertiary/aromatic N) is 1. The summed E-state index contributed by atoms with van der Waals surface area (Å²) in [4.78, 5) is 18.0. The molecule has 2 aromatic rings. The Morgan fingerprint density at radius 3 is 3.14 bits per heavy atom. The van der Waals surface area contributed by atoms with Crippen LogP contribution >= 0.6 is 0 Å². The summed E-state index contributed by atoms with van der Waals surface area (Å²) in [7, 11) is 0. The smallest absolute Gasteiger partial charge is 0.254 e. The summed E-state index contributed by atoms with van der Waals surface area (Å²) in [5, 5.41) is 1.09. The van der Waals surface area contributed by atoms with Crippen molar-refractivity contribution in [3.63, 3.8) is 0 Å². The molecule has 1 amide bonds. The lowest BCUT2D eigenvalue weighted by molar-refractivity contribution is 0.0333. The quantitative estimate of drug-likeness (QED) is 0.942. The SMILES string of the molecule is CCO[C@H]1[C@H]2CC[C@H]1N(C(=O)c1ccc3[nH]ccc3c1)C2. The Labute approximate surface area is 124 Å². The molecule has 2 bridgehead atoms. The van der Waals surface area contributed by atoms with Gasteiger partial charge < -0.3 is 14.6 Å². The average molecular weight is 284 g/mol. The molecule has 1 N–H and O–H groups in total. The molecule has 110 valence electrons. The lowest BCUT2D eigenvalue weighted by Gasteiger charge is -2.27. The third-order valence-electron chi connectivity index (χ3n) is 4.93. The van der Waals surface area contributed by atoms with Crippen LogP contribution in [-0.4, -0.2) is 41.1 Å². The van der Waals surface area contributed by atoms with Gasteiger partial charge in [0.25, 0.3) is 5.91 Å². The predicted octanol–water partition coefficient (Wildman–Crippen LogP) is 2.81. The lowest BCUT2D eigenvalue weighted by atomic mass is 10.1. The number of rotatable bonds is 3. The molecular formula is C17H20N2O2. The standard InChI is InChI=1S/C17H20N2O2/c1-2-21-16-13-4-6-15(16)19(10-13)17(20)12-3-5-14-11(9-12)7-8-18-14/h3,5,7-9,13,15-16,18H,2,4,6,10H2,1H3/t13-,15+,16-/m0/s1. The Morgan fingerprint density at radius 2 is 2.29 bits per heavy atom. The van der Waals surface area contributed by atoms with Crippen molar-refractivity contribution in [2.45, 2.75) is 31.9 Å². The van der Waals surface area contributed by atoms with Crippen LogP contribution in [-0.2, 0) is 4.74 Å². The van der Waals surface area contributed by atoms with Gasteiger partial charge in [0.2, 0.25) is 0 Å². The number of nitrogens with one attached hydrogen (secondary N) is 1. The first-order valence-electron chi connectivity index (χ1n) is 7.77. The number of hydrogen-bond donors (Lipinski definition) is 1. The van der Waals surface area contributed by atoms with E-state index in [9.17, 15) is 4.79 Å². The summed E-state index contributed by atoms with van der Waals surface area (Å²) < 4.78 is 5.87. The fourth-order valence-corrected chi connectivity index (χ4v) is 3.97. The Hall–Kier alpha value is -1.81. The first kappa shape index (κ1) is 12.9. The molecule has 1 aliphatic heterocycles. The fourth-order valence-electron chi connectivity index (χ4n) is 3.97. The van der Waals surface area contributed by atoms with Gasteiger partial charge >= 0.3 is 0 Å². The van der Waals surface area contributed by atoms with Crippen LogP contribution in [0.4, 0.5) is 0 Å². The highest BCUT2D eigenvalue weighted by Gasteiger charge is 2.49. The van der Waals surface area contributed by atoms with Gasteiger partial charge in [0.1, 0.15) is 0 Å². The van der Waals surface area contributed by atoms with E-state index in [1.165, 1.54) is 6.42 Å². The van der Waals surface area contributed by atoms with Gasteiger partial charge in [-0.2, -0.15) is 0 Å². The monoisotopic (exact) mass is 284 g/mol. The molecule has 21 heavy (non-hydrogen) atoms. The maximum absolute atomic E-state index is 12.8. The molecule has 4 heteroatoms. The Bertz CT molecular complexity index is 678. The van der Waals surface area contributed by atoms with E-state index in [0.29, 0.717) is 5.92 Å². The van der Waals surface area contributed by atoms with Crippen LogP contribution in [0.2, 0.25) is 0 Å². The molecule has 0 spiro atoms. The van der Waals surface area contributed by atoms with Gasteiger partial charge in [0.15, 0.2) is 0 Å². The van der Waals surface area contributed by atoms with Gasteiger partial charge in [-0.3, -0.25) is 4.79 Å². The second-order valence-electron chi connectivity index (χ2n) is 6.06. The first-order chi connectivity index (χ1) is 10.3. The topological polar surface area (TPSA) is 45.3 Å². The Morgan fingerprint density at radius 1 is 1.38 bits per heavy atom. The number of aromatic nitrogens is 1. The third kappa shape index (κ3) is 1.97. The third-order valence-corrected chi connectivity index (χ3v) is 4.93. The minimum absolute atomic E-state index is 0.148. The van der Waals surface area contributed by atoms with Crippen molar-refractivity contribution < 1.29 is 9.53 Å². The molecule has 2 heterocycles. The number of carbonyl (C=O) groups excluding carboxylic acids is 1. The van der Waals surface area contributed by atoms with Crippen molar-refractivity contribution in [3.8, 4) is 0 Å². The maximum atomic E-state index is 12.8. The number of fused-ring (bicyclic) bond motifs is 3. The Balaban J connectivity index is 1.60. The minimum atomic E-state index is 0.148. The van der Waals surface area contributed by atoms with Crippen LogP contribution in [0, 0.1) is 5.92 Å². The van der Waals surface area contributed by atoms with Crippen molar-refractivity contribution in [2.24, 2.45) is 5.92 Å². The highest BCUT2D eigenvalue weighted by molar-refractivity contribution is 5.98. The van der Waals surface area contributed by atoms with Crippen molar-refractivity contribution in [2.75, 3.05) is 13.2 Å². The predicted molar refractivity (Wildman–Crippen MR) is 81.3 cm³/mol. The number of amides is 1. The van der Waals surface area contributed by atoms with E-state index >= 15 is 0 Å². The van der Waals surface area contributed by atoms with E-state index in [1.807, 2.05) is 42.3 Å². The molecule has 1 aromatic heterocycles. The fraction of sp³-hybridized carbons (Fsp3) is 0.471. The van der Waals surface area contributed by atoms with Crippen molar-refractivity contribution in [3.05, 3.63) is 36.0 Å². The number of H-pyrrole nitrogens is 1. The van der Waals surface area contributed by atoms with Crippen LogP contribution in [0.1, 0.15) is 30.1 Å². The number of piperidine rings is 1. The highest BCUT2D eigenvalue weighted by atomic mass is 16.5. The molecule has 0 unspecified atom stereocenters. The molecule has 1 saturated heterocycles. The van der Waals surface area contributed by atoms with Gasteiger partial charge in [-0.15, -0.1) is 0 Å². The number of ether oxygens (including phenoxy) is 1. The largest absolute Gasteiger partial charge is 0.376 e. The number of carbonyl (C=O) groups is 1. The van der Waals surface area contributed by atoms with Crippen LogP contribution < -0.4 is 0 Å². The summed E-state index contributed by atoms with van der Waals surface area (Å²) in [5.74, 6) is 0.671. The zero-order chi connectivity index (χ0) is 14.4. The summed E-state index contributed by atoms with van der Waals surface area (Å²) in [6.45, 7) is 3.61. The van der Waals surface area contributed by atoms with E-state index in [1.54, 1.807) is 0 Å². The molecular weight excluding hydrogens is 264 g/mol. The van der Waals surface area contributed by atoms with E-state index in [4.69, 9.17) is 4.74 Å². The molecule has 1 aliphatic carbocycles. The lowest BCUT2D eigenvalue weighted by Crippen LogP contribution is -2.39. The van der Waals surface area contributed by atoms with Gasteiger partial charge in [0, 0.05) is 41.7 Å². The van der Waals surface area contributed by atoms with Crippen LogP contribution in [0.3, 0.4) is 0 Å². The van der Waals surface area contributed by atoms with E-state index < -0.39 is 0 Å². The van der Waals surface area contributed by atoms with Gasteiger partial charge in [-0.1, -0.05) is 0 Å². The van der Waals surface area contributed by atoms with Crippen LogP contribution in [0.25, 0.3) is 10.9 Å². The maximum Gasteiger partial charge on any atom is 0.254 e. The Kier molecular flexibility index (Phi) is 3.00. The van der Waals surface area contributed by atoms with Crippen molar-refractivity contribution in [1.29, 1.82) is 0 Å². The average Bonchev–Trinajstić information content (AvgIpc) is 3.20. The minimum Gasteiger partial charge on any atom is -0.376 e. The molecule has 4 rings (SSSR count). The van der Waals surface area contributed by atoms with E-state index in [0.717, 1.165) is 36.0 Å². The summed E-state index contributed by atoms with van der Waals surface area (Å²) in [6, 6.07) is 8.16. The van der Waals surface area contributed by atoms with Crippen molar-refractivity contribution >= 4 is 16.8 Å². The zero-order valence-electron chi connectivity index (χ0n) is 12.2. The van der Waals surface area contributed by atoms with Gasteiger partial charge in [-0.05, 0) is 44.0 Å². The summed E-state index contributed by atoms with van der Waals surface area (Å²) in [6.07, 6.45) is 4.42. The van der Waals surface area contributed by atoms with Gasteiger partial charge in [-0.25, -0.2) is 0 Å². The molecule has 0 radical (unpaired) electrons.